The van der Waals surface area contributed by atoms with E-state index in [1.807, 2.05) is 49.3 Å². The van der Waals surface area contributed by atoms with E-state index in [1.165, 1.54) is 11.3 Å². The number of hydrogen-bond donors (Lipinski definition) is 1. The Morgan fingerprint density at radius 1 is 1.33 bits per heavy atom. The van der Waals surface area contributed by atoms with Crippen molar-refractivity contribution in [2.45, 2.75) is 45.6 Å². The van der Waals surface area contributed by atoms with Crippen LogP contribution in [0.5, 0.6) is 0 Å². The minimum atomic E-state index is -0.238. The molecule has 1 N–H and O–H groups in total. The molecule has 0 bridgehead atoms. The predicted molar refractivity (Wildman–Crippen MR) is 119 cm³/mol. The molecule has 1 aliphatic heterocycles. The third kappa shape index (κ3) is 3.77. The topological polar surface area (TPSA) is 82.8 Å². The normalized spacial score (nSPS) is 16.9. The zero-order chi connectivity index (χ0) is 21.6. The number of hydrogen-bond acceptors (Lipinski definition) is 6. The molecule has 158 valence electrons. The Morgan fingerprint density at radius 2 is 2.07 bits per heavy atom. The first-order valence-electron chi connectivity index (χ1n) is 9.92. The SMILES string of the molecule is C[C@H]1CC(=O)Nc2ccccc2N1C(=O)CN(C)c1nn2cc(C(C)(C)C)nc2s1. The summed E-state index contributed by atoms with van der Waals surface area (Å²) in [5, 5.41) is 8.21. The van der Waals surface area contributed by atoms with Gasteiger partial charge in [-0.3, -0.25) is 9.59 Å². The van der Waals surface area contributed by atoms with E-state index in [9.17, 15) is 9.59 Å². The van der Waals surface area contributed by atoms with Crippen LogP contribution in [0.25, 0.3) is 4.96 Å². The summed E-state index contributed by atoms with van der Waals surface area (Å²) in [6, 6.07) is 7.16. The fourth-order valence-electron chi connectivity index (χ4n) is 3.52. The first kappa shape index (κ1) is 20.3. The van der Waals surface area contributed by atoms with Gasteiger partial charge in [-0.25, -0.2) is 9.50 Å². The predicted octanol–water partition coefficient (Wildman–Crippen LogP) is 3.29. The van der Waals surface area contributed by atoms with Crippen molar-refractivity contribution in [2.75, 3.05) is 28.7 Å². The standard InChI is InChI=1S/C21H26N6O2S/c1-13-10-17(28)22-14-8-6-7-9-15(14)27(13)18(29)12-25(5)20-24-26-11-16(21(2,3)4)23-19(26)30-20/h6-9,11,13H,10,12H2,1-5H3,(H,22,28)/t13-/m0/s1. The van der Waals surface area contributed by atoms with Crippen LogP contribution in [0.4, 0.5) is 16.5 Å². The van der Waals surface area contributed by atoms with Gasteiger partial charge in [-0.05, 0) is 19.1 Å². The highest BCUT2D eigenvalue weighted by Gasteiger charge is 2.30. The minimum Gasteiger partial charge on any atom is -0.340 e. The van der Waals surface area contributed by atoms with Gasteiger partial charge in [0.1, 0.15) is 0 Å². The monoisotopic (exact) mass is 426 g/mol. The molecule has 0 aliphatic carbocycles. The lowest BCUT2D eigenvalue weighted by Crippen LogP contribution is -2.44. The zero-order valence-corrected chi connectivity index (χ0v) is 18.7. The highest BCUT2D eigenvalue weighted by atomic mass is 32.1. The second-order valence-corrected chi connectivity index (χ2v) is 9.66. The van der Waals surface area contributed by atoms with Gasteiger partial charge in [-0.1, -0.05) is 44.2 Å². The third-order valence-electron chi connectivity index (χ3n) is 5.13. The number of fused-ring (bicyclic) bond motifs is 2. The first-order valence-corrected chi connectivity index (χ1v) is 10.7. The minimum absolute atomic E-state index is 0.0444. The summed E-state index contributed by atoms with van der Waals surface area (Å²) in [6.45, 7) is 8.39. The van der Waals surface area contributed by atoms with Crippen molar-refractivity contribution in [1.29, 1.82) is 0 Å². The van der Waals surface area contributed by atoms with Gasteiger partial charge >= 0.3 is 0 Å². The van der Waals surface area contributed by atoms with Crippen LogP contribution in [0.3, 0.4) is 0 Å². The molecule has 3 heterocycles. The molecule has 0 saturated heterocycles. The fraction of sp³-hybridized carbons (Fsp3) is 0.429. The van der Waals surface area contributed by atoms with Crippen LogP contribution >= 0.6 is 11.3 Å². The molecule has 4 rings (SSSR count). The summed E-state index contributed by atoms with van der Waals surface area (Å²) < 4.78 is 1.77. The van der Waals surface area contributed by atoms with Gasteiger partial charge in [0, 0.05) is 24.9 Å². The summed E-state index contributed by atoms with van der Waals surface area (Å²) in [6.07, 6.45) is 2.19. The Morgan fingerprint density at radius 3 is 2.77 bits per heavy atom. The molecule has 1 aliphatic rings. The van der Waals surface area contributed by atoms with E-state index in [0.29, 0.717) is 5.69 Å². The number of aromatic nitrogens is 3. The summed E-state index contributed by atoms with van der Waals surface area (Å²) in [5.41, 5.74) is 2.32. The molecule has 9 heteroatoms. The van der Waals surface area contributed by atoms with E-state index in [-0.39, 0.29) is 36.2 Å². The number of amides is 2. The molecule has 3 aromatic rings. The van der Waals surface area contributed by atoms with Crippen LogP contribution in [-0.2, 0) is 15.0 Å². The average molecular weight is 427 g/mol. The number of imidazole rings is 1. The molecular weight excluding hydrogens is 400 g/mol. The van der Waals surface area contributed by atoms with E-state index in [1.54, 1.807) is 9.42 Å². The molecule has 0 spiro atoms. The highest BCUT2D eigenvalue weighted by Crippen LogP contribution is 2.32. The lowest BCUT2D eigenvalue weighted by Gasteiger charge is -2.29. The van der Waals surface area contributed by atoms with Crippen LogP contribution < -0.4 is 15.1 Å². The maximum atomic E-state index is 13.3. The maximum absolute atomic E-state index is 13.3. The van der Waals surface area contributed by atoms with Crippen molar-refractivity contribution in [2.24, 2.45) is 0 Å². The lowest BCUT2D eigenvalue weighted by atomic mass is 9.93. The van der Waals surface area contributed by atoms with Gasteiger partial charge in [0.15, 0.2) is 0 Å². The third-order valence-corrected chi connectivity index (χ3v) is 6.16. The number of benzene rings is 1. The lowest BCUT2D eigenvalue weighted by molar-refractivity contribution is -0.118. The summed E-state index contributed by atoms with van der Waals surface area (Å²) in [5.74, 6) is -0.174. The molecule has 0 radical (unpaired) electrons. The molecule has 1 atom stereocenters. The van der Waals surface area contributed by atoms with Crippen molar-refractivity contribution in [3.8, 4) is 0 Å². The summed E-state index contributed by atoms with van der Waals surface area (Å²) in [7, 11) is 1.85. The number of likely N-dealkylation sites (N-methyl/N-ethyl adjacent to an activating group) is 1. The highest BCUT2D eigenvalue weighted by molar-refractivity contribution is 7.20. The first-order chi connectivity index (χ1) is 14.1. The summed E-state index contributed by atoms with van der Waals surface area (Å²) in [4.78, 5) is 34.4. The van der Waals surface area contributed by atoms with Crippen molar-refractivity contribution < 1.29 is 9.59 Å². The number of anilines is 3. The van der Waals surface area contributed by atoms with Gasteiger partial charge in [0.25, 0.3) is 0 Å². The van der Waals surface area contributed by atoms with Crippen LogP contribution in [-0.4, -0.2) is 46.0 Å². The molecule has 0 saturated carbocycles. The van der Waals surface area contributed by atoms with Gasteiger partial charge in [-0.15, -0.1) is 5.10 Å². The fourth-order valence-corrected chi connectivity index (χ4v) is 4.36. The second-order valence-electron chi connectivity index (χ2n) is 8.73. The molecule has 1 aromatic carbocycles. The van der Waals surface area contributed by atoms with Crippen molar-refractivity contribution >= 4 is 44.6 Å². The quantitative estimate of drug-likeness (QED) is 0.695. The number of para-hydroxylation sites is 2. The Hall–Kier alpha value is -2.94. The van der Waals surface area contributed by atoms with E-state index >= 15 is 0 Å². The van der Waals surface area contributed by atoms with Crippen LogP contribution in [0.2, 0.25) is 0 Å². The van der Waals surface area contributed by atoms with Gasteiger partial charge in [0.2, 0.25) is 21.9 Å². The van der Waals surface area contributed by atoms with Crippen molar-refractivity contribution in [1.82, 2.24) is 14.6 Å². The summed E-state index contributed by atoms with van der Waals surface area (Å²) >= 11 is 1.45. The van der Waals surface area contributed by atoms with Crippen molar-refractivity contribution in [3.05, 3.63) is 36.2 Å². The van der Waals surface area contributed by atoms with E-state index in [2.05, 4.69) is 36.2 Å². The number of nitrogens with zero attached hydrogens (tertiary/aromatic N) is 5. The zero-order valence-electron chi connectivity index (χ0n) is 17.8. The molecular formula is C21H26N6O2S. The van der Waals surface area contributed by atoms with Crippen LogP contribution in [0.1, 0.15) is 39.8 Å². The Labute approximate surface area is 179 Å². The van der Waals surface area contributed by atoms with Gasteiger partial charge in [-0.2, -0.15) is 0 Å². The molecule has 30 heavy (non-hydrogen) atoms. The second kappa shape index (κ2) is 7.39. The Kier molecular flexibility index (Phi) is 5.01. The number of nitrogens with one attached hydrogen (secondary N) is 1. The smallest absolute Gasteiger partial charge is 0.246 e. The number of rotatable bonds is 3. The number of carbonyl (C=O) groups is 2. The van der Waals surface area contributed by atoms with E-state index in [4.69, 9.17) is 0 Å². The number of carbonyl (C=O) groups excluding carboxylic acids is 2. The average Bonchev–Trinajstić information content (AvgIpc) is 3.18. The van der Waals surface area contributed by atoms with E-state index in [0.717, 1.165) is 21.5 Å². The molecule has 0 unspecified atom stereocenters. The molecule has 2 amide bonds. The largest absolute Gasteiger partial charge is 0.340 e. The van der Waals surface area contributed by atoms with Crippen LogP contribution in [0.15, 0.2) is 30.5 Å². The Balaban J connectivity index is 1.56. The molecule has 8 nitrogen and oxygen atoms in total. The van der Waals surface area contributed by atoms with E-state index < -0.39 is 0 Å². The van der Waals surface area contributed by atoms with Crippen LogP contribution in [0, 0.1) is 0 Å². The molecule has 0 fully saturated rings. The Bertz CT molecular complexity index is 1080. The van der Waals surface area contributed by atoms with Gasteiger partial charge < -0.3 is 15.1 Å². The van der Waals surface area contributed by atoms with Gasteiger partial charge in [0.05, 0.1) is 29.8 Å². The molecule has 2 aromatic heterocycles. The maximum Gasteiger partial charge on any atom is 0.246 e. The van der Waals surface area contributed by atoms with Crippen molar-refractivity contribution in [3.63, 3.8) is 0 Å².